The minimum absolute atomic E-state index is 0.0355. The van der Waals surface area contributed by atoms with Gasteiger partial charge in [-0.2, -0.15) is 0 Å². The molecule has 3 atom stereocenters. The first-order chi connectivity index (χ1) is 9.09. The standard InChI is InChI=1S/C15H30O2Si2/c1-5-19(4)15(11-7-9-13-17-15)14(18(2)3)10-6-8-12-16-14/h5,18-19H,1,6-13H2,2-4H3. The summed E-state index contributed by atoms with van der Waals surface area (Å²) in [6.45, 7) is 13.3. The van der Waals surface area contributed by atoms with Crippen molar-refractivity contribution in [1.29, 1.82) is 0 Å². The van der Waals surface area contributed by atoms with E-state index in [-0.39, 0.29) is 10.4 Å². The van der Waals surface area contributed by atoms with Crippen LogP contribution in [-0.2, 0) is 9.47 Å². The zero-order valence-electron chi connectivity index (χ0n) is 12.9. The zero-order valence-corrected chi connectivity index (χ0v) is 15.2. The van der Waals surface area contributed by atoms with Gasteiger partial charge in [-0.3, -0.25) is 0 Å². The van der Waals surface area contributed by atoms with Gasteiger partial charge in [-0.1, -0.05) is 19.6 Å². The Labute approximate surface area is 121 Å². The second kappa shape index (κ2) is 6.25. The Bertz CT molecular complexity index is 305. The topological polar surface area (TPSA) is 18.5 Å². The Balaban J connectivity index is 2.40. The smallest absolute Gasteiger partial charge is 0.0985 e. The first-order valence-corrected chi connectivity index (χ1v) is 13.3. The maximum Gasteiger partial charge on any atom is 0.0985 e. The van der Waals surface area contributed by atoms with Crippen molar-refractivity contribution in [3.05, 3.63) is 12.3 Å². The lowest BCUT2D eigenvalue weighted by Crippen LogP contribution is -2.71. The van der Waals surface area contributed by atoms with Crippen molar-refractivity contribution < 1.29 is 9.47 Å². The molecular formula is C15H30O2Si2. The van der Waals surface area contributed by atoms with E-state index in [0.717, 1.165) is 13.2 Å². The van der Waals surface area contributed by atoms with Gasteiger partial charge in [0, 0.05) is 13.2 Å². The van der Waals surface area contributed by atoms with Crippen molar-refractivity contribution in [3.8, 4) is 0 Å². The molecule has 2 nitrogen and oxygen atoms in total. The Kier molecular flexibility index (Phi) is 5.09. The normalized spacial score (nSPS) is 38.1. The Hall–Kier alpha value is 0.0938. The van der Waals surface area contributed by atoms with Crippen LogP contribution < -0.4 is 0 Å². The average Bonchev–Trinajstić information content (AvgIpc) is 2.47. The zero-order chi connectivity index (χ0) is 13.9. The van der Waals surface area contributed by atoms with Crippen LogP contribution in [0.4, 0.5) is 0 Å². The highest BCUT2D eigenvalue weighted by Gasteiger charge is 2.58. The van der Waals surface area contributed by atoms with E-state index in [1.165, 1.54) is 38.5 Å². The molecule has 0 aromatic rings. The van der Waals surface area contributed by atoms with Crippen molar-refractivity contribution in [2.75, 3.05) is 13.2 Å². The lowest BCUT2D eigenvalue weighted by atomic mass is 9.96. The van der Waals surface area contributed by atoms with Crippen LogP contribution in [0, 0.1) is 0 Å². The van der Waals surface area contributed by atoms with Gasteiger partial charge in [0.25, 0.3) is 0 Å². The van der Waals surface area contributed by atoms with E-state index >= 15 is 0 Å². The largest absolute Gasteiger partial charge is 0.376 e. The molecule has 2 fully saturated rings. The van der Waals surface area contributed by atoms with E-state index in [1.807, 2.05) is 0 Å². The summed E-state index contributed by atoms with van der Waals surface area (Å²) in [4.78, 5) is 0. The van der Waals surface area contributed by atoms with E-state index in [4.69, 9.17) is 9.47 Å². The molecule has 0 bridgehead atoms. The van der Waals surface area contributed by atoms with Gasteiger partial charge in [-0.15, -0.1) is 12.3 Å². The molecular weight excluding hydrogens is 268 g/mol. The molecule has 4 heteroatoms. The molecule has 2 heterocycles. The summed E-state index contributed by atoms with van der Waals surface area (Å²) in [5.41, 5.74) is 2.22. The van der Waals surface area contributed by atoms with Gasteiger partial charge in [0.15, 0.2) is 0 Å². The summed E-state index contributed by atoms with van der Waals surface area (Å²) in [5, 5.41) is 0.110. The molecule has 0 spiro atoms. The molecule has 19 heavy (non-hydrogen) atoms. The number of hydrogen-bond acceptors (Lipinski definition) is 2. The molecule has 0 N–H and O–H groups in total. The lowest BCUT2D eigenvalue weighted by Gasteiger charge is -2.57. The second-order valence-electron chi connectivity index (χ2n) is 6.57. The fourth-order valence-electron chi connectivity index (χ4n) is 4.18. The molecule has 0 saturated carbocycles. The van der Waals surface area contributed by atoms with Crippen LogP contribution in [0.25, 0.3) is 0 Å². The van der Waals surface area contributed by atoms with Crippen LogP contribution in [0.15, 0.2) is 12.3 Å². The highest BCUT2D eigenvalue weighted by Crippen LogP contribution is 2.46. The van der Waals surface area contributed by atoms with Crippen molar-refractivity contribution in [1.82, 2.24) is 0 Å². The van der Waals surface area contributed by atoms with Gasteiger partial charge in [0.05, 0.1) is 28.0 Å². The van der Waals surface area contributed by atoms with Crippen molar-refractivity contribution in [3.63, 3.8) is 0 Å². The highest BCUT2D eigenvalue weighted by atomic mass is 28.3. The monoisotopic (exact) mass is 298 g/mol. The van der Waals surface area contributed by atoms with Crippen LogP contribution in [0.2, 0.25) is 19.6 Å². The highest BCUT2D eigenvalue weighted by molar-refractivity contribution is 6.70. The molecule has 2 rings (SSSR count). The summed E-state index contributed by atoms with van der Waals surface area (Å²) >= 11 is 0. The van der Waals surface area contributed by atoms with Crippen molar-refractivity contribution in [2.24, 2.45) is 0 Å². The van der Waals surface area contributed by atoms with E-state index < -0.39 is 17.6 Å². The average molecular weight is 299 g/mol. The molecule has 0 amide bonds. The van der Waals surface area contributed by atoms with Gasteiger partial charge in [0.1, 0.15) is 0 Å². The number of hydrogen-bond donors (Lipinski definition) is 0. The van der Waals surface area contributed by atoms with Crippen molar-refractivity contribution in [2.45, 2.75) is 68.6 Å². The maximum absolute atomic E-state index is 6.52. The van der Waals surface area contributed by atoms with Crippen LogP contribution in [0.5, 0.6) is 0 Å². The third kappa shape index (κ3) is 2.52. The number of rotatable bonds is 4. The Morgan fingerprint density at radius 3 is 1.79 bits per heavy atom. The first kappa shape index (κ1) is 15.5. The quantitative estimate of drug-likeness (QED) is 0.743. The molecule has 2 aliphatic rings. The molecule has 0 aromatic heterocycles. The molecule has 110 valence electrons. The molecule has 2 saturated heterocycles. The summed E-state index contributed by atoms with van der Waals surface area (Å²) in [6, 6.07) is 0. The molecule has 3 unspecified atom stereocenters. The Morgan fingerprint density at radius 2 is 1.42 bits per heavy atom. The van der Waals surface area contributed by atoms with E-state index in [2.05, 4.69) is 31.9 Å². The SMILES string of the molecule is C=C[SiH](C)C1(C2([SiH](C)C)CCCCO2)CCCCO1. The summed E-state index contributed by atoms with van der Waals surface area (Å²) in [5.74, 6) is 0. The molecule has 0 radical (unpaired) electrons. The van der Waals surface area contributed by atoms with Crippen LogP contribution in [0.1, 0.15) is 38.5 Å². The lowest BCUT2D eigenvalue weighted by molar-refractivity contribution is -0.164. The fourth-order valence-corrected chi connectivity index (χ4v) is 10.8. The molecule has 0 aliphatic carbocycles. The van der Waals surface area contributed by atoms with Gasteiger partial charge in [-0.25, -0.2) is 0 Å². The van der Waals surface area contributed by atoms with Crippen molar-refractivity contribution >= 4 is 17.6 Å². The van der Waals surface area contributed by atoms with Crippen LogP contribution in [-0.4, -0.2) is 41.3 Å². The predicted molar refractivity (Wildman–Crippen MR) is 87.2 cm³/mol. The molecule has 2 aliphatic heterocycles. The minimum Gasteiger partial charge on any atom is -0.376 e. The van der Waals surface area contributed by atoms with Gasteiger partial charge in [0.2, 0.25) is 0 Å². The van der Waals surface area contributed by atoms with Crippen LogP contribution >= 0.6 is 0 Å². The van der Waals surface area contributed by atoms with Gasteiger partial charge >= 0.3 is 0 Å². The Morgan fingerprint density at radius 1 is 0.895 bits per heavy atom. The van der Waals surface area contributed by atoms with Gasteiger partial charge < -0.3 is 9.47 Å². The summed E-state index contributed by atoms with van der Waals surface area (Å²) in [6.07, 6.45) is 7.49. The fraction of sp³-hybridized carbons (Fsp3) is 0.867. The van der Waals surface area contributed by atoms with Gasteiger partial charge in [-0.05, 0) is 38.5 Å². The summed E-state index contributed by atoms with van der Waals surface area (Å²) in [7, 11) is -2.10. The minimum atomic E-state index is -1.14. The summed E-state index contributed by atoms with van der Waals surface area (Å²) < 4.78 is 13.0. The van der Waals surface area contributed by atoms with Crippen LogP contribution in [0.3, 0.4) is 0 Å². The van der Waals surface area contributed by atoms with E-state index in [9.17, 15) is 0 Å². The third-order valence-electron chi connectivity index (χ3n) is 5.34. The van der Waals surface area contributed by atoms with E-state index in [1.54, 1.807) is 0 Å². The third-order valence-corrected chi connectivity index (χ3v) is 11.6. The second-order valence-corrected chi connectivity index (χ2v) is 12.8. The number of ether oxygens (including phenoxy) is 2. The molecule has 0 aromatic carbocycles. The first-order valence-electron chi connectivity index (χ1n) is 7.99. The predicted octanol–water partition coefficient (Wildman–Crippen LogP) is 3.01. The van der Waals surface area contributed by atoms with E-state index in [0.29, 0.717) is 0 Å². The maximum atomic E-state index is 6.52.